The minimum Gasteiger partial charge on any atom is -0.476 e. The maximum absolute atomic E-state index is 12.7. The number of anilines is 2. The topological polar surface area (TPSA) is 119 Å². The molecule has 1 aliphatic rings. The Morgan fingerprint density at radius 1 is 1.25 bits per heavy atom. The number of nitrogens with zero attached hydrogens (tertiary/aromatic N) is 2. The van der Waals surface area contributed by atoms with Crippen LogP contribution in [0.15, 0.2) is 36.4 Å². The molecule has 0 spiro atoms. The molecule has 9 nitrogen and oxygen atoms in total. The largest absolute Gasteiger partial charge is 0.476 e. The predicted molar refractivity (Wildman–Crippen MR) is 104 cm³/mol. The van der Waals surface area contributed by atoms with Crippen molar-refractivity contribution >= 4 is 33.0 Å². The Kier molecular flexibility index (Phi) is 4.99. The molecule has 0 unspecified atom stereocenters. The highest BCUT2D eigenvalue weighted by Gasteiger charge is 2.35. The van der Waals surface area contributed by atoms with Gasteiger partial charge in [0.1, 0.15) is 5.75 Å². The Balaban J connectivity index is 1.90. The number of nitrogens with one attached hydrogen (secondary N) is 1. The van der Waals surface area contributed by atoms with Gasteiger partial charge in [-0.05, 0) is 37.1 Å². The van der Waals surface area contributed by atoms with Gasteiger partial charge in [0, 0.05) is 12.1 Å². The van der Waals surface area contributed by atoms with Crippen LogP contribution in [0.25, 0.3) is 0 Å². The van der Waals surface area contributed by atoms with Crippen LogP contribution in [-0.4, -0.2) is 38.2 Å². The number of sulfonamides is 1. The standard InChI is InChI=1S/C18H19N3O6S/c1-11-4-7-16-15(8-11)20(28(3,25)26)10-17(27-16)18(22)19-14-9-13(21(23)24)6-5-12(14)2/h4-9,17H,10H2,1-3H3,(H,19,22)/t17-/m1/s1. The van der Waals surface area contributed by atoms with Gasteiger partial charge in [0.2, 0.25) is 10.0 Å². The highest BCUT2D eigenvalue weighted by Crippen LogP contribution is 2.36. The van der Waals surface area contributed by atoms with Crippen LogP contribution in [0, 0.1) is 24.0 Å². The third kappa shape index (κ3) is 3.91. The number of carbonyl (C=O) groups is 1. The number of nitro benzene ring substituents is 1. The van der Waals surface area contributed by atoms with Crippen molar-refractivity contribution in [3.8, 4) is 5.75 Å². The van der Waals surface area contributed by atoms with E-state index in [9.17, 15) is 23.3 Å². The first-order valence-electron chi connectivity index (χ1n) is 8.37. The molecule has 0 aromatic heterocycles. The molecule has 3 rings (SSSR count). The van der Waals surface area contributed by atoms with E-state index >= 15 is 0 Å². The summed E-state index contributed by atoms with van der Waals surface area (Å²) in [6, 6.07) is 9.16. The molecule has 2 aromatic carbocycles. The van der Waals surface area contributed by atoms with E-state index in [1.807, 2.05) is 6.92 Å². The van der Waals surface area contributed by atoms with Crippen LogP contribution in [-0.2, 0) is 14.8 Å². The number of rotatable bonds is 4. The van der Waals surface area contributed by atoms with E-state index in [2.05, 4.69) is 5.32 Å². The zero-order valence-corrected chi connectivity index (χ0v) is 16.3. The van der Waals surface area contributed by atoms with Gasteiger partial charge in [-0.3, -0.25) is 19.2 Å². The summed E-state index contributed by atoms with van der Waals surface area (Å²) in [5.41, 5.74) is 1.96. The summed E-state index contributed by atoms with van der Waals surface area (Å²) in [7, 11) is -3.64. The summed E-state index contributed by atoms with van der Waals surface area (Å²) in [6.07, 6.45) is -0.0482. The maximum Gasteiger partial charge on any atom is 0.271 e. The summed E-state index contributed by atoms with van der Waals surface area (Å²) in [6.45, 7) is 3.32. The summed E-state index contributed by atoms with van der Waals surface area (Å²) in [5.74, 6) is -0.318. The first-order chi connectivity index (χ1) is 13.1. The number of hydrogen-bond acceptors (Lipinski definition) is 6. The molecule has 1 aliphatic heterocycles. The van der Waals surface area contributed by atoms with Crippen LogP contribution in [0.1, 0.15) is 11.1 Å². The smallest absolute Gasteiger partial charge is 0.271 e. The van der Waals surface area contributed by atoms with E-state index in [0.29, 0.717) is 11.3 Å². The minimum atomic E-state index is -3.64. The van der Waals surface area contributed by atoms with Crippen LogP contribution < -0.4 is 14.4 Å². The Labute approximate surface area is 162 Å². The molecule has 10 heteroatoms. The van der Waals surface area contributed by atoms with E-state index in [4.69, 9.17) is 4.74 Å². The van der Waals surface area contributed by atoms with Crippen molar-refractivity contribution in [1.82, 2.24) is 0 Å². The van der Waals surface area contributed by atoms with Gasteiger partial charge < -0.3 is 10.1 Å². The quantitative estimate of drug-likeness (QED) is 0.616. The van der Waals surface area contributed by atoms with Crippen molar-refractivity contribution in [1.29, 1.82) is 0 Å². The number of aryl methyl sites for hydroxylation is 2. The monoisotopic (exact) mass is 405 g/mol. The summed E-state index contributed by atoms with van der Waals surface area (Å²) < 4.78 is 31.3. The number of non-ortho nitro benzene ring substituents is 1. The molecule has 1 atom stereocenters. The van der Waals surface area contributed by atoms with Crippen molar-refractivity contribution in [2.45, 2.75) is 20.0 Å². The number of hydrogen-bond donors (Lipinski definition) is 1. The fourth-order valence-electron chi connectivity index (χ4n) is 2.88. The van der Waals surface area contributed by atoms with Gasteiger partial charge in [0.25, 0.3) is 11.6 Å². The average molecular weight is 405 g/mol. The highest BCUT2D eigenvalue weighted by molar-refractivity contribution is 7.92. The third-order valence-corrected chi connectivity index (χ3v) is 5.51. The van der Waals surface area contributed by atoms with Crippen LogP contribution in [0.3, 0.4) is 0 Å². The zero-order chi connectivity index (χ0) is 20.6. The second-order valence-electron chi connectivity index (χ2n) is 6.62. The Bertz CT molecular complexity index is 1070. The van der Waals surface area contributed by atoms with Crippen LogP contribution >= 0.6 is 0 Å². The molecule has 0 fully saturated rings. The summed E-state index contributed by atoms with van der Waals surface area (Å²) in [4.78, 5) is 23.1. The van der Waals surface area contributed by atoms with E-state index in [-0.39, 0.29) is 23.7 Å². The molecular weight excluding hydrogens is 386 g/mol. The molecule has 148 valence electrons. The molecule has 0 aliphatic carbocycles. The normalized spacial score (nSPS) is 16.1. The first kappa shape index (κ1) is 19.6. The molecule has 1 heterocycles. The van der Waals surface area contributed by atoms with Crippen molar-refractivity contribution in [2.24, 2.45) is 0 Å². The van der Waals surface area contributed by atoms with Gasteiger partial charge in [-0.15, -0.1) is 0 Å². The number of amides is 1. The first-order valence-corrected chi connectivity index (χ1v) is 10.2. The maximum atomic E-state index is 12.7. The van der Waals surface area contributed by atoms with Gasteiger partial charge in [0.15, 0.2) is 6.10 Å². The number of carbonyl (C=O) groups excluding carboxylic acids is 1. The fraction of sp³-hybridized carbons (Fsp3) is 0.278. The zero-order valence-electron chi connectivity index (χ0n) is 15.5. The third-order valence-electron chi connectivity index (χ3n) is 4.37. The number of ether oxygens (including phenoxy) is 1. The lowest BCUT2D eigenvalue weighted by atomic mass is 10.1. The van der Waals surface area contributed by atoms with Crippen LogP contribution in [0.4, 0.5) is 17.1 Å². The minimum absolute atomic E-state index is 0.163. The number of fused-ring (bicyclic) bond motifs is 1. The summed E-state index contributed by atoms with van der Waals surface area (Å²) >= 11 is 0. The van der Waals surface area contributed by atoms with Gasteiger partial charge >= 0.3 is 0 Å². The van der Waals surface area contributed by atoms with Crippen molar-refractivity contribution in [2.75, 3.05) is 22.4 Å². The molecule has 0 saturated heterocycles. The second kappa shape index (κ2) is 7.12. The fourth-order valence-corrected chi connectivity index (χ4v) is 3.79. The van der Waals surface area contributed by atoms with Crippen molar-refractivity contribution in [3.05, 3.63) is 57.6 Å². The Hall–Kier alpha value is -3.14. The highest BCUT2D eigenvalue weighted by atomic mass is 32.2. The lowest BCUT2D eigenvalue weighted by Gasteiger charge is -2.34. The van der Waals surface area contributed by atoms with Crippen molar-refractivity contribution in [3.63, 3.8) is 0 Å². The molecule has 28 heavy (non-hydrogen) atoms. The average Bonchev–Trinajstić information content (AvgIpc) is 2.61. The SMILES string of the molecule is Cc1ccc2c(c1)N(S(C)(=O)=O)C[C@H](C(=O)Nc1cc([N+](=O)[O-])ccc1C)O2. The molecule has 2 aromatic rings. The molecule has 0 bridgehead atoms. The Morgan fingerprint density at radius 3 is 2.61 bits per heavy atom. The lowest BCUT2D eigenvalue weighted by molar-refractivity contribution is -0.384. The van der Waals surface area contributed by atoms with E-state index in [1.54, 1.807) is 25.1 Å². The van der Waals surface area contributed by atoms with E-state index < -0.39 is 27.0 Å². The second-order valence-corrected chi connectivity index (χ2v) is 8.52. The van der Waals surface area contributed by atoms with Gasteiger partial charge in [-0.25, -0.2) is 8.42 Å². The number of benzene rings is 2. The van der Waals surface area contributed by atoms with Gasteiger partial charge in [0.05, 0.1) is 29.1 Å². The number of nitro groups is 1. The van der Waals surface area contributed by atoms with E-state index in [1.165, 1.54) is 18.2 Å². The molecule has 1 amide bonds. The van der Waals surface area contributed by atoms with Gasteiger partial charge in [-0.1, -0.05) is 12.1 Å². The van der Waals surface area contributed by atoms with Crippen molar-refractivity contribution < 1.29 is 22.9 Å². The van der Waals surface area contributed by atoms with Crippen LogP contribution in [0.2, 0.25) is 0 Å². The van der Waals surface area contributed by atoms with Gasteiger partial charge in [-0.2, -0.15) is 0 Å². The molecule has 1 N–H and O–H groups in total. The summed E-state index contributed by atoms with van der Waals surface area (Å²) in [5, 5.41) is 13.6. The molecule has 0 saturated carbocycles. The lowest BCUT2D eigenvalue weighted by Crippen LogP contribution is -2.48. The van der Waals surface area contributed by atoms with E-state index in [0.717, 1.165) is 16.1 Å². The molecule has 0 radical (unpaired) electrons. The van der Waals surface area contributed by atoms with Crippen LogP contribution in [0.5, 0.6) is 5.75 Å². The molecular formula is C18H19N3O6S. The predicted octanol–water partition coefficient (Wildman–Crippen LogP) is 2.38. The Morgan fingerprint density at radius 2 is 1.96 bits per heavy atom.